The second-order valence-electron chi connectivity index (χ2n) is 5.29. The van der Waals surface area contributed by atoms with Crippen LogP contribution in [0.2, 0.25) is 0 Å². The van der Waals surface area contributed by atoms with Crippen LogP contribution in [0.15, 0.2) is 18.3 Å². The van der Waals surface area contributed by atoms with E-state index < -0.39 is 0 Å². The number of carbonyl (C=O) groups is 1. The molecule has 0 aliphatic carbocycles. The number of hydrogen-bond donors (Lipinski definition) is 1. The molecule has 1 amide bonds. The summed E-state index contributed by atoms with van der Waals surface area (Å²) in [6.45, 7) is 9.75. The first kappa shape index (κ1) is 14.3. The first-order valence-corrected chi connectivity index (χ1v) is 6.77. The summed E-state index contributed by atoms with van der Waals surface area (Å²) >= 11 is 0. The van der Waals surface area contributed by atoms with Crippen molar-refractivity contribution in [3.8, 4) is 0 Å². The molecular formula is C14H21N5O. The molecule has 1 atom stereocenters. The molecule has 0 fully saturated rings. The normalized spacial score (nSPS) is 12.7. The third-order valence-corrected chi connectivity index (χ3v) is 3.20. The molecule has 0 saturated heterocycles. The van der Waals surface area contributed by atoms with Gasteiger partial charge >= 0.3 is 0 Å². The topological polar surface area (TPSA) is 64.7 Å². The van der Waals surface area contributed by atoms with Crippen LogP contribution in [0.4, 0.5) is 5.82 Å². The smallest absolute Gasteiger partial charge is 0.250 e. The summed E-state index contributed by atoms with van der Waals surface area (Å²) in [7, 11) is 0. The summed E-state index contributed by atoms with van der Waals surface area (Å²) in [5.74, 6) is 0.608. The van der Waals surface area contributed by atoms with Crippen LogP contribution in [-0.2, 0) is 4.79 Å². The van der Waals surface area contributed by atoms with Crippen LogP contribution in [0.25, 0.3) is 0 Å². The molecule has 0 radical (unpaired) electrons. The Morgan fingerprint density at radius 2 is 1.95 bits per heavy atom. The van der Waals surface area contributed by atoms with E-state index >= 15 is 0 Å². The van der Waals surface area contributed by atoms with E-state index in [1.807, 2.05) is 40.7 Å². The Morgan fingerprint density at radius 3 is 2.50 bits per heavy atom. The van der Waals surface area contributed by atoms with Gasteiger partial charge in [0.25, 0.3) is 0 Å². The lowest BCUT2D eigenvalue weighted by atomic mass is 10.3. The van der Waals surface area contributed by atoms with Gasteiger partial charge in [0, 0.05) is 17.8 Å². The van der Waals surface area contributed by atoms with E-state index in [-0.39, 0.29) is 18.0 Å². The molecule has 2 aromatic rings. The summed E-state index contributed by atoms with van der Waals surface area (Å²) in [5.41, 5.74) is 1.89. The highest BCUT2D eigenvalue weighted by molar-refractivity contribution is 5.92. The maximum absolute atomic E-state index is 12.3. The average molecular weight is 275 g/mol. The zero-order chi connectivity index (χ0) is 14.9. The lowest BCUT2D eigenvalue weighted by Crippen LogP contribution is -2.26. The third-order valence-electron chi connectivity index (χ3n) is 3.20. The molecule has 108 valence electrons. The number of aryl methyl sites for hydroxylation is 2. The summed E-state index contributed by atoms with van der Waals surface area (Å²) < 4.78 is 3.52. The highest BCUT2D eigenvalue weighted by atomic mass is 16.2. The average Bonchev–Trinajstić information content (AvgIpc) is 2.94. The fourth-order valence-corrected chi connectivity index (χ4v) is 2.20. The van der Waals surface area contributed by atoms with E-state index in [0.29, 0.717) is 5.82 Å². The van der Waals surface area contributed by atoms with E-state index in [1.54, 1.807) is 21.6 Å². The summed E-state index contributed by atoms with van der Waals surface area (Å²) in [5, 5.41) is 11.5. The fourth-order valence-electron chi connectivity index (χ4n) is 2.20. The molecular weight excluding hydrogens is 254 g/mol. The number of hydrogen-bond acceptors (Lipinski definition) is 3. The molecule has 20 heavy (non-hydrogen) atoms. The Kier molecular flexibility index (Phi) is 3.92. The van der Waals surface area contributed by atoms with Crippen molar-refractivity contribution in [2.75, 3.05) is 5.32 Å². The minimum Gasteiger partial charge on any atom is -0.309 e. The minimum absolute atomic E-state index is 0.0985. The maximum Gasteiger partial charge on any atom is 0.250 e. The van der Waals surface area contributed by atoms with Gasteiger partial charge in [-0.3, -0.25) is 9.48 Å². The zero-order valence-electron chi connectivity index (χ0n) is 12.6. The maximum atomic E-state index is 12.3. The third kappa shape index (κ3) is 2.74. The van der Waals surface area contributed by atoms with E-state index in [9.17, 15) is 4.79 Å². The molecule has 6 nitrogen and oxygen atoms in total. The van der Waals surface area contributed by atoms with E-state index in [0.717, 1.165) is 11.4 Å². The first-order chi connectivity index (χ1) is 9.40. The second kappa shape index (κ2) is 5.48. The van der Waals surface area contributed by atoms with Gasteiger partial charge < -0.3 is 5.32 Å². The lowest BCUT2D eigenvalue weighted by molar-refractivity contribution is -0.119. The molecule has 2 rings (SSSR count). The van der Waals surface area contributed by atoms with E-state index in [4.69, 9.17) is 0 Å². The predicted molar refractivity (Wildman–Crippen MR) is 77.7 cm³/mol. The monoisotopic (exact) mass is 275 g/mol. The van der Waals surface area contributed by atoms with Crippen LogP contribution >= 0.6 is 0 Å². The number of nitrogens with one attached hydrogen (secondary N) is 1. The Bertz CT molecular complexity index is 611. The molecule has 2 aromatic heterocycles. The van der Waals surface area contributed by atoms with Crippen molar-refractivity contribution in [2.45, 2.75) is 46.7 Å². The lowest BCUT2D eigenvalue weighted by Gasteiger charge is -2.16. The number of amides is 1. The van der Waals surface area contributed by atoms with Crippen molar-refractivity contribution in [1.29, 1.82) is 0 Å². The molecule has 0 unspecified atom stereocenters. The van der Waals surface area contributed by atoms with Gasteiger partial charge in [-0.2, -0.15) is 10.2 Å². The highest BCUT2D eigenvalue weighted by Gasteiger charge is 2.19. The van der Waals surface area contributed by atoms with Gasteiger partial charge in [0.1, 0.15) is 11.9 Å². The summed E-state index contributed by atoms with van der Waals surface area (Å²) in [6, 6.07) is 3.59. The van der Waals surface area contributed by atoms with Crippen molar-refractivity contribution in [3.63, 3.8) is 0 Å². The summed E-state index contributed by atoms with van der Waals surface area (Å²) in [6.07, 6.45) is 1.68. The molecule has 1 N–H and O–H groups in total. The van der Waals surface area contributed by atoms with E-state index in [1.165, 1.54) is 0 Å². The molecule has 6 heteroatoms. The van der Waals surface area contributed by atoms with Gasteiger partial charge in [-0.1, -0.05) is 0 Å². The molecule has 0 aliphatic rings. The van der Waals surface area contributed by atoms with Gasteiger partial charge in [-0.05, 0) is 40.7 Å². The largest absolute Gasteiger partial charge is 0.309 e. The van der Waals surface area contributed by atoms with Crippen LogP contribution in [-0.4, -0.2) is 25.5 Å². The SMILES string of the molecule is Cc1cc(C)n([C@H](C)C(=O)Nc2ccnn2C(C)C)n1. The van der Waals surface area contributed by atoms with Crippen molar-refractivity contribution in [1.82, 2.24) is 19.6 Å². The fraction of sp³-hybridized carbons (Fsp3) is 0.500. The van der Waals surface area contributed by atoms with Crippen molar-refractivity contribution in [3.05, 3.63) is 29.7 Å². The standard InChI is InChI=1S/C14H21N5O/c1-9(2)18-13(6-7-15-18)16-14(20)12(5)19-11(4)8-10(3)17-19/h6-9,12H,1-5H3,(H,16,20)/t12-/m1/s1. The zero-order valence-corrected chi connectivity index (χ0v) is 12.6. The van der Waals surface area contributed by atoms with Crippen molar-refractivity contribution < 1.29 is 4.79 Å². The van der Waals surface area contributed by atoms with Gasteiger partial charge in [0.2, 0.25) is 5.91 Å². The Labute approximate surface area is 118 Å². The van der Waals surface area contributed by atoms with Gasteiger partial charge in [0.15, 0.2) is 0 Å². The van der Waals surface area contributed by atoms with Gasteiger partial charge in [-0.25, -0.2) is 4.68 Å². The number of anilines is 1. The van der Waals surface area contributed by atoms with Crippen LogP contribution in [0.3, 0.4) is 0 Å². The molecule has 0 saturated carbocycles. The van der Waals surface area contributed by atoms with Crippen molar-refractivity contribution >= 4 is 11.7 Å². The highest BCUT2D eigenvalue weighted by Crippen LogP contribution is 2.16. The van der Waals surface area contributed by atoms with Crippen LogP contribution in [0, 0.1) is 13.8 Å². The molecule has 2 heterocycles. The summed E-state index contributed by atoms with van der Waals surface area (Å²) in [4.78, 5) is 12.3. The number of aromatic nitrogens is 4. The Morgan fingerprint density at radius 1 is 1.25 bits per heavy atom. The predicted octanol–water partition coefficient (Wildman–Crippen LogP) is 2.48. The Hall–Kier alpha value is -2.11. The quantitative estimate of drug-likeness (QED) is 0.932. The van der Waals surface area contributed by atoms with Gasteiger partial charge in [0.05, 0.1) is 11.9 Å². The molecule has 0 bridgehead atoms. The van der Waals surface area contributed by atoms with Gasteiger partial charge in [-0.15, -0.1) is 0 Å². The van der Waals surface area contributed by atoms with Crippen LogP contribution in [0.1, 0.15) is 44.2 Å². The van der Waals surface area contributed by atoms with Crippen LogP contribution < -0.4 is 5.32 Å². The molecule has 0 aliphatic heterocycles. The second-order valence-corrected chi connectivity index (χ2v) is 5.29. The number of rotatable bonds is 4. The van der Waals surface area contributed by atoms with E-state index in [2.05, 4.69) is 15.5 Å². The molecule has 0 spiro atoms. The first-order valence-electron chi connectivity index (χ1n) is 6.77. The number of carbonyl (C=O) groups excluding carboxylic acids is 1. The minimum atomic E-state index is -0.362. The molecule has 0 aromatic carbocycles. The van der Waals surface area contributed by atoms with Crippen LogP contribution in [0.5, 0.6) is 0 Å². The van der Waals surface area contributed by atoms with Crippen molar-refractivity contribution in [2.24, 2.45) is 0 Å². The Balaban J connectivity index is 2.16. The number of nitrogens with zero attached hydrogens (tertiary/aromatic N) is 4.